The van der Waals surface area contributed by atoms with Crippen LogP contribution in [0.25, 0.3) is 5.70 Å². The van der Waals surface area contributed by atoms with Gasteiger partial charge in [0.05, 0.1) is 12.8 Å². The Morgan fingerprint density at radius 3 is 2.37 bits per heavy atom. The van der Waals surface area contributed by atoms with Crippen LogP contribution in [0, 0.1) is 5.41 Å². The van der Waals surface area contributed by atoms with Crippen LogP contribution < -0.4 is 10.5 Å². The number of hydrogen-bond acceptors (Lipinski definition) is 3. The van der Waals surface area contributed by atoms with Gasteiger partial charge in [-0.25, -0.2) is 0 Å². The Labute approximate surface area is 112 Å². The van der Waals surface area contributed by atoms with Crippen LogP contribution in [0.15, 0.2) is 60.7 Å². The molecule has 0 bridgehead atoms. The van der Waals surface area contributed by atoms with E-state index in [4.69, 9.17) is 15.9 Å². The van der Waals surface area contributed by atoms with Gasteiger partial charge in [-0.1, -0.05) is 42.5 Å². The monoisotopic (exact) mass is 252 g/mol. The maximum absolute atomic E-state index is 8.04. The Kier molecular flexibility index (Phi) is 3.98. The van der Waals surface area contributed by atoms with Crippen LogP contribution >= 0.6 is 0 Å². The van der Waals surface area contributed by atoms with Crippen molar-refractivity contribution in [3.63, 3.8) is 0 Å². The van der Waals surface area contributed by atoms with Crippen LogP contribution in [-0.4, -0.2) is 12.8 Å². The molecule has 3 N–H and O–H groups in total. The molecule has 0 radical (unpaired) electrons. The highest BCUT2D eigenvalue weighted by Gasteiger charge is 2.06. The molecule has 0 fully saturated rings. The zero-order valence-electron chi connectivity index (χ0n) is 10.8. The smallest absolute Gasteiger partial charge is 0.128 e. The first-order valence-corrected chi connectivity index (χ1v) is 5.97. The van der Waals surface area contributed by atoms with Crippen molar-refractivity contribution >= 4 is 11.4 Å². The van der Waals surface area contributed by atoms with E-state index in [1.54, 1.807) is 13.2 Å². The molecule has 3 nitrogen and oxygen atoms in total. The lowest BCUT2D eigenvalue weighted by atomic mass is 10.1. The van der Waals surface area contributed by atoms with Crippen molar-refractivity contribution in [2.45, 2.75) is 0 Å². The van der Waals surface area contributed by atoms with Crippen molar-refractivity contribution in [3.8, 4) is 5.75 Å². The van der Waals surface area contributed by atoms with Gasteiger partial charge in [-0.2, -0.15) is 0 Å². The Morgan fingerprint density at radius 1 is 1.05 bits per heavy atom. The summed E-state index contributed by atoms with van der Waals surface area (Å²) in [6.45, 7) is 0. The van der Waals surface area contributed by atoms with E-state index < -0.39 is 0 Å². The Balaban J connectivity index is 2.31. The molecule has 2 aromatic rings. The maximum Gasteiger partial charge on any atom is 0.128 e. The molecule has 0 saturated carbocycles. The third-order valence-electron chi connectivity index (χ3n) is 2.80. The summed E-state index contributed by atoms with van der Waals surface area (Å²) in [4.78, 5) is 0. The summed E-state index contributed by atoms with van der Waals surface area (Å²) in [7, 11) is 1.61. The van der Waals surface area contributed by atoms with Crippen molar-refractivity contribution in [2.75, 3.05) is 7.11 Å². The van der Waals surface area contributed by atoms with Crippen LogP contribution in [0.2, 0.25) is 0 Å². The predicted molar refractivity (Wildman–Crippen MR) is 78.4 cm³/mol. The summed E-state index contributed by atoms with van der Waals surface area (Å²) in [6, 6.07) is 17.0. The lowest BCUT2D eigenvalue weighted by Crippen LogP contribution is -2.03. The second-order valence-corrected chi connectivity index (χ2v) is 4.08. The van der Waals surface area contributed by atoms with E-state index in [-0.39, 0.29) is 0 Å². The summed E-state index contributed by atoms with van der Waals surface area (Å²) >= 11 is 0. The van der Waals surface area contributed by atoms with Gasteiger partial charge in [0.2, 0.25) is 0 Å². The molecule has 0 aliphatic carbocycles. The molecule has 0 aromatic heterocycles. The molecule has 19 heavy (non-hydrogen) atoms. The fourth-order valence-corrected chi connectivity index (χ4v) is 1.82. The molecule has 0 unspecified atom stereocenters. The Bertz CT molecular complexity index is 603. The first-order chi connectivity index (χ1) is 9.22. The number of para-hydroxylation sites is 1. The SMILES string of the molecule is COc1ccccc1/C(N)=C/C(=N)c1ccccc1. The lowest BCUT2D eigenvalue weighted by molar-refractivity contribution is 0.413. The van der Waals surface area contributed by atoms with E-state index in [0.29, 0.717) is 17.2 Å². The molecule has 0 amide bonds. The number of rotatable bonds is 4. The number of nitrogens with one attached hydrogen (secondary N) is 1. The van der Waals surface area contributed by atoms with Crippen molar-refractivity contribution in [3.05, 3.63) is 71.8 Å². The average molecular weight is 252 g/mol. The number of methoxy groups -OCH3 is 1. The highest BCUT2D eigenvalue weighted by atomic mass is 16.5. The van der Waals surface area contributed by atoms with E-state index in [0.717, 1.165) is 11.1 Å². The first kappa shape index (κ1) is 12.9. The molecule has 2 aromatic carbocycles. The fraction of sp³-hybridized carbons (Fsp3) is 0.0625. The highest BCUT2D eigenvalue weighted by molar-refractivity contribution is 6.10. The third kappa shape index (κ3) is 3.01. The number of allylic oxidation sites excluding steroid dienone is 1. The topological polar surface area (TPSA) is 59.1 Å². The maximum atomic E-state index is 8.04. The van der Waals surface area contributed by atoms with Crippen LogP contribution in [0.3, 0.4) is 0 Å². The summed E-state index contributed by atoms with van der Waals surface area (Å²) in [6.07, 6.45) is 1.65. The molecular formula is C16H16N2O. The van der Waals surface area contributed by atoms with Crippen LogP contribution in [0.1, 0.15) is 11.1 Å². The zero-order valence-corrected chi connectivity index (χ0v) is 10.8. The molecule has 3 heteroatoms. The van der Waals surface area contributed by atoms with Crippen molar-refractivity contribution in [1.82, 2.24) is 0 Å². The molecule has 0 aliphatic heterocycles. The molecular weight excluding hydrogens is 236 g/mol. The average Bonchev–Trinajstić information content (AvgIpc) is 2.48. The number of nitrogens with two attached hydrogens (primary N) is 1. The van der Waals surface area contributed by atoms with Crippen molar-refractivity contribution in [1.29, 1.82) is 5.41 Å². The normalized spacial score (nSPS) is 11.1. The van der Waals surface area contributed by atoms with E-state index in [1.165, 1.54) is 0 Å². The van der Waals surface area contributed by atoms with Gasteiger partial charge in [0.1, 0.15) is 5.75 Å². The zero-order chi connectivity index (χ0) is 13.7. The standard InChI is InChI=1S/C16H16N2O/c1-19-16-10-6-5-9-13(16)15(18)11-14(17)12-7-3-2-4-8-12/h2-11,17H,18H2,1H3/b15-11-,17-14?. The minimum atomic E-state index is 0.379. The van der Waals surface area contributed by atoms with Gasteiger partial charge in [-0.3, -0.25) is 0 Å². The highest BCUT2D eigenvalue weighted by Crippen LogP contribution is 2.22. The third-order valence-corrected chi connectivity index (χ3v) is 2.80. The van der Waals surface area contributed by atoms with E-state index in [1.807, 2.05) is 54.6 Å². The number of hydrogen-bond donors (Lipinski definition) is 2. The fourth-order valence-electron chi connectivity index (χ4n) is 1.82. The largest absolute Gasteiger partial charge is 0.496 e. The molecule has 0 aliphatic rings. The molecule has 2 rings (SSSR count). The summed E-state index contributed by atoms with van der Waals surface area (Å²) in [5, 5.41) is 8.04. The number of benzene rings is 2. The Morgan fingerprint density at radius 2 is 1.68 bits per heavy atom. The number of ether oxygens (including phenoxy) is 1. The van der Waals surface area contributed by atoms with Crippen LogP contribution in [0.5, 0.6) is 5.75 Å². The van der Waals surface area contributed by atoms with Gasteiger partial charge in [0.15, 0.2) is 0 Å². The van der Waals surface area contributed by atoms with E-state index in [2.05, 4.69) is 0 Å². The van der Waals surface area contributed by atoms with E-state index in [9.17, 15) is 0 Å². The second kappa shape index (κ2) is 5.87. The van der Waals surface area contributed by atoms with Gasteiger partial charge < -0.3 is 15.9 Å². The van der Waals surface area contributed by atoms with E-state index >= 15 is 0 Å². The van der Waals surface area contributed by atoms with Crippen LogP contribution in [0.4, 0.5) is 0 Å². The quantitative estimate of drug-likeness (QED) is 0.821. The van der Waals surface area contributed by atoms with Gasteiger partial charge >= 0.3 is 0 Å². The predicted octanol–water partition coefficient (Wildman–Crippen LogP) is 3.06. The van der Waals surface area contributed by atoms with Crippen LogP contribution in [-0.2, 0) is 0 Å². The molecule has 0 heterocycles. The minimum absolute atomic E-state index is 0.379. The van der Waals surface area contributed by atoms with Gasteiger partial charge in [0, 0.05) is 11.3 Å². The minimum Gasteiger partial charge on any atom is -0.496 e. The molecule has 96 valence electrons. The van der Waals surface area contributed by atoms with Gasteiger partial charge in [-0.15, -0.1) is 0 Å². The summed E-state index contributed by atoms with van der Waals surface area (Å²) in [5.74, 6) is 0.706. The molecule has 0 spiro atoms. The second-order valence-electron chi connectivity index (χ2n) is 4.08. The molecule has 0 atom stereocenters. The van der Waals surface area contributed by atoms with Gasteiger partial charge in [0.25, 0.3) is 0 Å². The van der Waals surface area contributed by atoms with Crippen molar-refractivity contribution in [2.24, 2.45) is 5.73 Å². The summed E-state index contributed by atoms with van der Waals surface area (Å²) in [5.41, 5.74) is 8.58. The molecule has 0 saturated heterocycles. The van der Waals surface area contributed by atoms with Crippen molar-refractivity contribution < 1.29 is 4.74 Å². The van der Waals surface area contributed by atoms with Gasteiger partial charge in [-0.05, 0) is 23.8 Å². The first-order valence-electron chi connectivity index (χ1n) is 5.97. The summed E-state index contributed by atoms with van der Waals surface area (Å²) < 4.78 is 5.26. The Hall–Kier alpha value is -2.55. The lowest BCUT2D eigenvalue weighted by Gasteiger charge is -2.08.